The van der Waals surface area contributed by atoms with Crippen molar-refractivity contribution < 1.29 is 9.18 Å². The van der Waals surface area contributed by atoms with Crippen LogP contribution >= 0.6 is 12.2 Å². The summed E-state index contributed by atoms with van der Waals surface area (Å²) in [5, 5.41) is 6.39. The van der Waals surface area contributed by atoms with E-state index < -0.39 is 0 Å². The Labute approximate surface area is 173 Å². The van der Waals surface area contributed by atoms with E-state index in [-0.39, 0.29) is 29.7 Å². The Morgan fingerprint density at radius 3 is 2.69 bits per heavy atom. The summed E-state index contributed by atoms with van der Waals surface area (Å²) < 4.78 is 14.8. The zero-order valence-electron chi connectivity index (χ0n) is 15.9. The van der Waals surface area contributed by atoms with Gasteiger partial charge in [0.25, 0.3) is 5.56 Å². The molecule has 8 heteroatoms. The van der Waals surface area contributed by atoms with Gasteiger partial charge in [0.15, 0.2) is 5.11 Å². The molecule has 4 rings (SSSR count). The number of fused-ring (bicyclic) bond motifs is 4. The van der Waals surface area contributed by atoms with Crippen LogP contribution in [0.15, 0.2) is 47.3 Å². The lowest BCUT2D eigenvalue weighted by atomic mass is 9.83. The molecule has 6 nitrogen and oxygen atoms in total. The van der Waals surface area contributed by atoms with Crippen LogP contribution in [0.3, 0.4) is 0 Å². The Bertz CT molecular complexity index is 975. The van der Waals surface area contributed by atoms with Crippen LogP contribution in [0.5, 0.6) is 0 Å². The third kappa shape index (κ3) is 4.48. The van der Waals surface area contributed by atoms with Crippen LogP contribution in [-0.2, 0) is 17.9 Å². The van der Waals surface area contributed by atoms with Crippen LogP contribution < -0.4 is 16.2 Å². The summed E-state index contributed by atoms with van der Waals surface area (Å²) in [6, 6.07) is 11.5. The molecule has 0 aliphatic carbocycles. The van der Waals surface area contributed by atoms with Gasteiger partial charge in [-0.15, -0.1) is 0 Å². The van der Waals surface area contributed by atoms with Gasteiger partial charge in [0.1, 0.15) is 5.82 Å². The third-order valence-electron chi connectivity index (χ3n) is 5.57. The molecule has 1 aromatic heterocycles. The maximum atomic E-state index is 12.9. The summed E-state index contributed by atoms with van der Waals surface area (Å²) >= 11 is 5.51. The average Bonchev–Trinajstić information content (AvgIpc) is 2.72. The SMILES string of the molecule is O=C(CNC(=S)N1C[C@H]2C[C@@H](C1)c1cccc(=O)n1C2)NCc1ccc(F)cc1. The Morgan fingerprint density at radius 2 is 1.90 bits per heavy atom. The van der Waals surface area contributed by atoms with Crippen molar-refractivity contribution in [2.24, 2.45) is 5.92 Å². The van der Waals surface area contributed by atoms with Gasteiger partial charge >= 0.3 is 0 Å². The van der Waals surface area contributed by atoms with Crippen LogP contribution in [0.1, 0.15) is 23.6 Å². The molecule has 2 bridgehead atoms. The molecule has 0 spiro atoms. The third-order valence-corrected chi connectivity index (χ3v) is 5.97. The van der Waals surface area contributed by atoms with Crippen molar-refractivity contribution in [1.82, 2.24) is 20.1 Å². The zero-order valence-corrected chi connectivity index (χ0v) is 16.8. The Kier molecular flexibility index (Phi) is 5.62. The number of rotatable bonds is 4. The van der Waals surface area contributed by atoms with Crippen LogP contribution in [-0.4, -0.2) is 40.1 Å². The van der Waals surface area contributed by atoms with Crippen molar-refractivity contribution >= 4 is 23.2 Å². The van der Waals surface area contributed by atoms with Crippen molar-refractivity contribution in [3.05, 3.63) is 69.9 Å². The molecule has 2 N–H and O–H groups in total. The van der Waals surface area contributed by atoms with Gasteiger partial charge in [-0.3, -0.25) is 9.59 Å². The highest BCUT2D eigenvalue weighted by atomic mass is 32.1. The zero-order chi connectivity index (χ0) is 20.4. The maximum Gasteiger partial charge on any atom is 0.250 e. The van der Waals surface area contributed by atoms with Gasteiger partial charge in [0.2, 0.25) is 5.91 Å². The maximum absolute atomic E-state index is 12.9. The predicted molar refractivity (Wildman–Crippen MR) is 112 cm³/mol. The number of piperidine rings is 1. The molecule has 29 heavy (non-hydrogen) atoms. The molecule has 1 fully saturated rings. The molecular weight excluding hydrogens is 391 g/mol. The molecule has 3 heterocycles. The summed E-state index contributed by atoms with van der Waals surface area (Å²) in [5.74, 6) is 0.161. The number of benzene rings is 1. The number of likely N-dealkylation sites (tertiary alicyclic amines) is 1. The molecule has 2 aliphatic heterocycles. The van der Waals surface area contributed by atoms with E-state index in [1.807, 2.05) is 16.7 Å². The van der Waals surface area contributed by atoms with Crippen LogP contribution in [0.25, 0.3) is 0 Å². The largest absolute Gasteiger partial charge is 0.354 e. The normalized spacial score (nSPS) is 20.0. The molecule has 1 aromatic carbocycles. The molecule has 152 valence electrons. The first kappa shape index (κ1) is 19.6. The molecule has 0 radical (unpaired) electrons. The second-order valence-electron chi connectivity index (χ2n) is 7.67. The molecule has 2 atom stereocenters. The first-order valence-electron chi connectivity index (χ1n) is 9.73. The minimum atomic E-state index is -0.300. The lowest BCUT2D eigenvalue weighted by Gasteiger charge is -2.43. The first-order chi connectivity index (χ1) is 14.0. The standard InChI is InChI=1S/C21H23FN4O2S/c22-17-6-4-14(5-7-17)9-23-19(27)10-24-21(29)25-11-15-8-16(13-25)18-2-1-3-20(28)26(18)12-15/h1-7,15-16H,8-13H2,(H,23,27)(H,24,29)/t15-,16+/m1/s1. The number of halogens is 1. The van der Waals surface area contributed by atoms with Gasteiger partial charge in [0, 0.05) is 43.9 Å². The van der Waals surface area contributed by atoms with Crippen LogP contribution in [0.4, 0.5) is 4.39 Å². The minimum Gasteiger partial charge on any atom is -0.354 e. The van der Waals surface area contributed by atoms with E-state index in [4.69, 9.17) is 12.2 Å². The van der Waals surface area contributed by atoms with Gasteiger partial charge in [0.05, 0.1) is 6.54 Å². The average molecular weight is 415 g/mol. The molecule has 0 unspecified atom stereocenters. The van der Waals surface area contributed by atoms with Gasteiger partial charge in [-0.05, 0) is 48.3 Å². The number of hydrogen-bond donors (Lipinski definition) is 2. The lowest BCUT2D eigenvalue weighted by Crippen LogP contribution is -2.52. The van der Waals surface area contributed by atoms with Crippen LogP contribution in [0, 0.1) is 11.7 Å². The highest BCUT2D eigenvalue weighted by Crippen LogP contribution is 2.34. The minimum absolute atomic E-state index is 0.0594. The Hall–Kier alpha value is -2.74. The van der Waals surface area contributed by atoms with E-state index >= 15 is 0 Å². The van der Waals surface area contributed by atoms with Gasteiger partial charge < -0.3 is 20.1 Å². The summed E-state index contributed by atoms with van der Waals surface area (Å²) in [6.45, 7) is 2.65. The fourth-order valence-corrected chi connectivity index (χ4v) is 4.42. The summed E-state index contributed by atoms with van der Waals surface area (Å²) in [6.07, 6.45) is 1.06. The first-order valence-corrected chi connectivity index (χ1v) is 10.1. The number of carbonyl (C=O) groups is 1. The number of amides is 1. The molecule has 1 amide bonds. The highest BCUT2D eigenvalue weighted by molar-refractivity contribution is 7.80. The van der Waals surface area contributed by atoms with E-state index in [0.29, 0.717) is 24.1 Å². The smallest absolute Gasteiger partial charge is 0.250 e. The molecule has 2 aromatic rings. The number of pyridine rings is 1. The summed E-state index contributed by atoms with van der Waals surface area (Å²) in [5.41, 5.74) is 1.96. The number of aromatic nitrogens is 1. The van der Waals surface area contributed by atoms with Gasteiger partial charge in [-0.25, -0.2) is 4.39 Å². The second-order valence-corrected chi connectivity index (χ2v) is 8.05. The fourth-order valence-electron chi connectivity index (χ4n) is 4.20. The molecular formula is C21H23FN4O2S. The number of nitrogens with zero attached hydrogens (tertiary/aromatic N) is 2. The Morgan fingerprint density at radius 1 is 1.10 bits per heavy atom. The monoisotopic (exact) mass is 414 g/mol. The quantitative estimate of drug-likeness (QED) is 0.744. The fraction of sp³-hybridized carbons (Fsp3) is 0.381. The van der Waals surface area contributed by atoms with E-state index in [1.165, 1.54) is 12.1 Å². The molecule has 2 aliphatic rings. The van der Waals surface area contributed by atoms with Crippen molar-refractivity contribution in [1.29, 1.82) is 0 Å². The molecule has 0 saturated carbocycles. The van der Waals surface area contributed by atoms with Gasteiger partial charge in [-0.1, -0.05) is 18.2 Å². The van der Waals surface area contributed by atoms with E-state index in [1.54, 1.807) is 18.2 Å². The van der Waals surface area contributed by atoms with E-state index in [0.717, 1.165) is 30.8 Å². The summed E-state index contributed by atoms with van der Waals surface area (Å²) in [7, 11) is 0. The van der Waals surface area contributed by atoms with E-state index in [9.17, 15) is 14.0 Å². The van der Waals surface area contributed by atoms with Crippen molar-refractivity contribution in [3.8, 4) is 0 Å². The van der Waals surface area contributed by atoms with Crippen molar-refractivity contribution in [3.63, 3.8) is 0 Å². The Balaban J connectivity index is 1.29. The van der Waals surface area contributed by atoms with E-state index in [2.05, 4.69) is 15.5 Å². The predicted octanol–water partition coefficient (Wildman–Crippen LogP) is 1.60. The van der Waals surface area contributed by atoms with Crippen LogP contribution in [0.2, 0.25) is 0 Å². The van der Waals surface area contributed by atoms with Gasteiger partial charge in [-0.2, -0.15) is 0 Å². The number of hydrogen-bond acceptors (Lipinski definition) is 3. The second kappa shape index (κ2) is 8.32. The van der Waals surface area contributed by atoms with Crippen molar-refractivity contribution in [2.45, 2.75) is 25.4 Å². The lowest BCUT2D eigenvalue weighted by molar-refractivity contribution is -0.120. The molecule has 1 saturated heterocycles. The number of carbonyl (C=O) groups excluding carboxylic acids is 1. The van der Waals surface area contributed by atoms with Crippen molar-refractivity contribution in [2.75, 3.05) is 19.6 Å². The number of nitrogens with one attached hydrogen (secondary N) is 2. The number of thiocarbonyl (C=S) groups is 1. The highest BCUT2D eigenvalue weighted by Gasteiger charge is 2.35. The summed E-state index contributed by atoms with van der Waals surface area (Å²) in [4.78, 5) is 26.3. The topological polar surface area (TPSA) is 66.4 Å².